The van der Waals surface area contributed by atoms with E-state index in [1.165, 1.54) is 43.8 Å². The van der Waals surface area contributed by atoms with Gasteiger partial charge < -0.3 is 4.42 Å². The minimum atomic E-state index is -0.151. The van der Waals surface area contributed by atoms with Gasteiger partial charge in [-0.25, -0.2) is 9.97 Å². The van der Waals surface area contributed by atoms with Crippen LogP contribution in [-0.2, 0) is 5.41 Å². The van der Waals surface area contributed by atoms with Crippen LogP contribution in [0.1, 0.15) is 25.0 Å². The summed E-state index contributed by atoms with van der Waals surface area (Å²) in [5.41, 5.74) is 14.0. The summed E-state index contributed by atoms with van der Waals surface area (Å²) in [6, 6.07) is 60.6. The highest BCUT2D eigenvalue weighted by molar-refractivity contribution is 6.15. The fourth-order valence-corrected chi connectivity index (χ4v) is 8.73. The lowest BCUT2D eigenvalue weighted by molar-refractivity contribution is 0.661. The standard InChI is InChI=1S/C51H34N2O/c1-51(2)42-23-11-22-39(48(42)40-26-32-15-6-8-17-34(32)28-43(40)51)45-30-44(52-50(53-45)31-13-4-3-5-14-31)37-20-10-19-36(25-37)38-21-12-24-46-49(38)41-27-33-16-7-9-18-35(33)29-47(41)54-46/h3-30H,1-2H3. The smallest absolute Gasteiger partial charge is 0.160 e. The summed E-state index contributed by atoms with van der Waals surface area (Å²) in [4.78, 5) is 10.6. The normalized spacial score (nSPS) is 13.1. The SMILES string of the molecule is CC1(C)c2cc3ccccc3cc2-c2c(-c3cc(-c4cccc(-c5cccc6oc7cc8ccccc8cc7c56)c4)nc(-c4ccccc4)n3)cccc21. The van der Waals surface area contributed by atoms with E-state index in [-0.39, 0.29) is 5.41 Å². The van der Waals surface area contributed by atoms with Crippen molar-refractivity contribution in [3.63, 3.8) is 0 Å². The van der Waals surface area contributed by atoms with Crippen molar-refractivity contribution in [2.75, 3.05) is 0 Å². The van der Waals surface area contributed by atoms with Gasteiger partial charge in [-0.05, 0) is 97.4 Å². The van der Waals surface area contributed by atoms with Gasteiger partial charge in [-0.1, -0.05) is 141 Å². The highest BCUT2D eigenvalue weighted by Gasteiger charge is 2.37. The molecule has 1 aliphatic rings. The van der Waals surface area contributed by atoms with E-state index in [0.717, 1.165) is 61.1 Å². The molecule has 254 valence electrons. The third kappa shape index (κ3) is 4.68. The first-order valence-corrected chi connectivity index (χ1v) is 18.6. The Balaban J connectivity index is 1.11. The third-order valence-corrected chi connectivity index (χ3v) is 11.4. The van der Waals surface area contributed by atoms with Crippen molar-refractivity contribution in [1.82, 2.24) is 9.97 Å². The molecule has 3 heteroatoms. The van der Waals surface area contributed by atoms with E-state index in [9.17, 15) is 0 Å². The molecule has 10 aromatic rings. The first-order valence-electron chi connectivity index (χ1n) is 18.6. The van der Waals surface area contributed by atoms with Gasteiger partial charge in [-0.15, -0.1) is 0 Å². The molecule has 2 aromatic heterocycles. The van der Waals surface area contributed by atoms with Gasteiger partial charge in [0.05, 0.1) is 11.4 Å². The van der Waals surface area contributed by atoms with Crippen LogP contribution in [0.3, 0.4) is 0 Å². The fraction of sp³-hybridized carbons (Fsp3) is 0.0588. The molecule has 0 amide bonds. The summed E-state index contributed by atoms with van der Waals surface area (Å²) in [5, 5.41) is 7.12. The van der Waals surface area contributed by atoms with E-state index in [0.29, 0.717) is 5.82 Å². The quantitative estimate of drug-likeness (QED) is 0.184. The second kappa shape index (κ2) is 11.6. The highest BCUT2D eigenvalue weighted by atomic mass is 16.3. The monoisotopic (exact) mass is 690 g/mol. The van der Waals surface area contributed by atoms with Crippen LogP contribution in [0.5, 0.6) is 0 Å². The number of benzene rings is 8. The average molecular weight is 691 g/mol. The van der Waals surface area contributed by atoms with Gasteiger partial charge >= 0.3 is 0 Å². The molecule has 0 N–H and O–H groups in total. The molecule has 0 spiro atoms. The van der Waals surface area contributed by atoms with Crippen LogP contribution in [-0.4, -0.2) is 9.97 Å². The average Bonchev–Trinajstić information content (AvgIpc) is 3.70. The Morgan fingerprint density at radius 1 is 0.426 bits per heavy atom. The Bertz CT molecular complexity index is 3130. The highest BCUT2D eigenvalue weighted by Crippen LogP contribution is 2.53. The van der Waals surface area contributed by atoms with Crippen molar-refractivity contribution in [3.8, 4) is 56.2 Å². The van der Waals surface area contributed by atoms with Crippen molar-refractivity contribution >= 4 is 43.5 Å². The van der Waals surface area contributed by atoms with Crippen LogP contribution < -0.4 is 0 Å². The Hall–Kier alpha value is -6.84. The first-order chi connectivity index (χ1) is 26.5. The number of aromatic nitrogens is 2. The Kier molecular flexibility index (Phi) is 6.60. The summed E-state index contributed by atoms with van der Waals surface area (Å²) >= 11 is 0. The Labute approximate surface area is 313 Å². The number of furan rings is 1. The maximum absolute atomic E-state index is 6.45. The van der Waals surface area contributed by atoms with Gasteiger partial charge in [0, 0.05) is 32.9 Å². The van der Waals surface area contributed by atoms with Crippen molar-refractivity contribution in [2.45, 2.75) is 19.3 Å². The molecule has 0 saturated carbocycles. The van der Waals surface area contributed by atoms with Gasteiger partial charge in [-0.3, -0.25) is 0 Å². The van der Waals surface area contributed by atoms with Crippen molar-refractivity contribution in [1.29, 1.82) is 0 Å². The molecule has 11 rings (SSSR count). The van der Waals surface area contributed by atoms with E-state index >= 15 is 0 Å². The lowest BCUT2D eigenvalue weighted by Crippen LogP contribution is -2.14. The number of nitrogens with zero attached hydrogens (tertiary/aromatic N) is 2. The molecule has 0 radical (unpaired) electrons. The summed E-state index contributed by atoms with van der Waals surface area (Å²) < 4.78 is 6.45. The van der Waals surface area contributed by atoms with Gasteiger partial charge in [0.25, 0.3) is 0 Å². The lowest BCUT2D eigenvalue weighted by atomic mass is 9.81. The topological polar surface area (TPSA) is 38.9 Å². The zero-order valence-corrected chi connectivity index (χ0v) is 30.0. The molecule has 0 unspecified atom stereocenters. The molecular formula is C51H34N2O. The van der Waals surface area contributed by atoms with Crippen molar-refractivity contribution in [3.05, 3.63) is 181 Å². The van der Waals surface area contributed by atoms with Crippen molar-refractivity contribution in [2.24, 2.45) is 0 Å². The summed E-state index contributed by atoms with van der Waals surface area (Å²) in [6.07, 6.45) is 0. The molecule has 0 atom stereocenters. The summed E-state index contributed by atoms with van der Waals surface area (Å²) in [7, 11) is 0. The van der Waals surface area contributed by atoms with Gasteiger partial charge in [0.15, 0.2) is 5.82 Å². The maximum Gasteiger partial charge on any atom is 0.160 e. The number of fused-ring (bicyclic) bond motifs is 8. The predicted octanol–water partition coefficient (Wildman–Crippen LogP) is 13.7. The minimum Gasteiger partial charge on any atom is -0.456 e. The molecule has 3 nitrogen and oxygen atoms in total. The largest absolute Gasteiger partial charge is 0.456 e. The van der Waals surface area contributed by atoms with E-state index in [1.54, 1.807) is 0 Å². The fourth-order valence-electron chi connectivity index (χ4n) is 8.73. The summed E-state index contributed by atoms with van der Waals surface area (Å²) in [6.45, 7) is 4.68. The number of hydrogen-bond donors (Lipinski definition) is 0. The second-order valence-corrected chi connectivity index (χ2v) is 15.0. The zero-order valence-electron chi connectivity index (χ0n) is 30.0. The molecule has 0 saturated heterocycles. The van der Waals surface area contributed by atoms with Crippen LogP contribution in [0, 0.1) is 0 Å². The van der Waals surface area contributed by atoms with Crippen LogP contribution in [0.4, 0.5) is 0 Å². The number of hydrogen-bond acceptors (Lipinski definition) is 3. The van der Waals surface area contributed by atoms with Crippen LogP contribution in [0.15, 0.2) is 174 Å². The number of rotatable bonds is 4. The molecule has 2 heterocycles. The summed E-state index contributed by atoms with van der Waals surface area (Å²) in [5.74, 6) is 0.705. The molecule has 0 fully saturated rings. The predicted molar refractivity (Wildman–Crippen MR) is 224 cm³/mol. The lowest BCUT2D eigenvalue weighted by Gasteiger charge is -2.22. The molecule has 1 aliphatic carbocycles. The van der Waals surface area contributed by atoms with E-state index in [1.807, 2.05) is 6.07 Å². The van der Waals surface area contributed by atoms with Gasteiger partial charge in [0.1, 0.15) is 11.2 Å². The second-order valence-electron chi connectivity index (χ2n) is 15.0. The molecule has 0 aliphatic heterocycles. The molecule has 0 bridgehead atoms. The van der Waals surface area contributed by atoms with E-state index in [4.69, 9.17) is 14.4 Å². The van der Waals surface area contributed by atoms with Crippen LogP contribution in [0.25, 0.3) is 99.6 Å². The third-order valence-electron chi connectivity index (χ3n) is 11.4. The first kappa shape index (κ1) is 30.8. The Morgan fingerprint density at radius 2 is 1.06 bits per heavy atom. The van der Waals surface area contributed by atoms with Gasteiger partial charge in [0.2, 0.25) is 0 Å². The Morgan fingerprint density at radius 3 is 1.87 bits per heavy atom. The van der Waals surface area contributed by atoms with Crippen LogP contribution >= 0.6 is 0 Å². The molecular weight excluding hydrogens is 657 g/mol. The maximum atomic E-state index is 6.45. The van der Waals surface area contributed by atoms with Crippen molar-refractivity contribution < 1.29 is 4.42 Å². The van der Waals surface area contributed by atoms with E-state index < -0.39 is 0 Å². The molecule has 54 heavy (non-hydrogen) atoms. The van der Waals surface area contributed by atoms with Crippen LogP contribution in [0.2, 0.25) is 0 Å². The molecule has 8 aromatic carbocycles. The van der Waals surface area contributed by atoms with E-state index in [2.05, 4.69) is 178 Å². The zero-order chi connectivity index (χ0) is 36.0. The van der Waals surface area contributed by atoms with Gasteiger partial charge in [-0.2, -0.15) is 0 Å². The minimum absolute atomic E-state index is 0.151.